The maximum absolute atomic E-state index is 12.6. The van der Waals surface area contributed by atoms with Crippen LogP contribution in [-0.2, 0) is 15.7 Å². The molecule has 0 radical (unpaired) electrons. The fraction of sp³-hybridized carbons (Fsp3) is 0.385. The first-order chi connectivity index (χ1) is 10.4. The van der Waals surface area contributed by atoms with Crippen molar-refractivity contribution in [1.29, 1.82) is 0 Å². The second-order valence-electron chi connectivity index (χ2n) is 4.87. The van der Waals surface area contributed by atoms with Gasteiger partial charge in [-0.3, -0.25) is 4.79 Å². The van der Waals surface area contributed by atoms with Crippen LogP contribution in [-0.4, -0.2) is 41.7 Å². The molecule has 9 heteroatoms. The summed E-state index contributed by atoms with van der Waals surface area (Å²) in [7, 11) is 0. The molecule has 2 heterocycles. The highest BCUT2D eigenvalue weighted by atomic mass is 19.4. The summed E-state index contributed by atoms with van der Waals surface area (Å²) < 4.78 is 43.1. The molecule has 22 heavy (non-hydrogen) atoms. The molecule has 118 valence electrons. The number of hydrogen-bond acceptors (Lipinski definition) is 4. The van der Waals surface area contributed by atoms with Gasteiger partial charge in [-0.15, -0.1) is 0 Å². The number of aromatic amines is 1. The van der Waals surface area contributed by atoms with Crippen molar-refractivity contribution in [3.8, 4) is 0 Å². The van der Waals surface area contributed by atoms with Gasteiger partial charge < -0.3 is 20.4 Å². The largest absolute Gasteiger partial charge is 0.449 e. The standard InChI is InChI=1S/C13H13F3N4O2/c14-13(15,16)12-19-8-2-1-7(5-9(8)20-12)18-11(21)10-6-17-3-4-22-10/h1-2,5,10,17H,3-4,6H2,(H,18,21)(H,19,20)/t10-/m1/s1. The smallest absolute Gasteiger partial charge is 0.366 e. The molecule has 1 fully saturated rings. The van der Waals surface area contributed by atoms with Gasteiger partial charge >= 0.3 is 6.18 Å². The topological polar surface area (TPSA) is 79.0 Å². The van der Waals surface area contributed by atoms with Crippen LogP contribution >= 0.6 is 0 Å². The van der Waals surface area contributed by atoms with Gasteiger partial charge in [0, 0.05) is 18.8 Å². The number of H-pyrrole nitrogens is 1. The highest BCUT2D eigenvalue weighted by Gasteiger charge is 2.34. The van der Waals surface area contributed by atoms with Crippen molar-refractivity contribution < 1.29 is 22.7 Å². The number of nitrogens with zero attached hydrogens (tertiary/aromatic N) is 1. The zero-order valence-corrected chi connectivity index (χ0v) is 11.3. The molecule has 3 N–H and O–H groups in total. The number of ether oxygens (including phenoxy) is 1. The Morgan fingerprint density at radius 1 is 1.41 bits per heavy atom. The van der Waals surface area contributed by atoms with Crippen molar-refractivity contribution in [2.45, 2.75) is 12.3 Å². The van der Waals surface area contributed by atoms with Gasteiger partial charge in [-0.25, -0.2) is 4.98 Å². The summed E-state index contributed by atoms with van der Waals surface area (Å²) in [6, 6.07) is 4.32. The van der Waals surface area contributed by atoms with Crippen LogP contribution in [0.4, 0.5) is 18.9 Å². The van der Waals surface area contributed by atoms with Crippen LogP contribution < -0.4 is 10.6 Å². The van der Waals surface area contributed by atoms with E-state index in [4.69, 9.17) is 4.74 Å². The average molecular weight is 314 g/mol. The molecule has 0 bridgehead atoms. The summed E-state index contributed by atoms with van der Waals surface area (Å²) in [6.07, 6.45) is -5.15. The number of hydrogen-bond donors (Lipinski definition) is 3. The second kappa shape index (κ2) is 5.58. The maximum atomic E-state index is 12.6. The summed E-state index contributed by atoms with van der Waals surface area (Å²) in [6.45, 7) is 1.52. The van der Waals surface area contributed by atoms with E-state index in [-0.39, 0.29) is 16.9 Å². The maximum Gasteiger partial charge on any atom is 0.449 e. The quantitative estimate of drug-likeness (QED) is 0.785. The molecule has 6 nitrogen and oxygen atoms in total. The van der Waals surface area contributed by atoms with E-state index in [1.165, 1.54) is 18.2 Å². The average Bonchev–Trinajstić information content (AvgIpc) is 2.91. The van der Waals surface area contributed by atoms with Gasteiger partial charge in [-0.1, -0.05) is 0 Å². The number of fused-ring (bicyclic) bond motifs is 1. The molecule has 1 aromatic carbocycles. The third-order valence-corrected chi connectivity index (χ3v) is 3.24. The van der Waals surface area contributed by atoms with E-state index in [0.29, 0.717) is 25.4 Å². The molecule has 3 rings (SSSR count). The van der Waals surface area contributed by atoms with E-state index in [2.05, 4.69) is 20.6 Å². The normalized spacial score (nSPS) is 19.3. The monoisotopic (exact) mass is 314 g/mol. The Kier molecular flexibility index (Phi) is 3.75. The summed E-state index contributed by atoms with van der Waals surface area (Å²) in [5.41, 5.74) is 0.762. The molecule has 0 aliphatic carbocycles. The lowest BCUT2D eigenvalue weighted by Gasteiger charge is -2.22. The molecule has 1 amide bonds. The lowest BCUT2D eigenvalue weighted by molar-refractivity contribution is -0.144. The van der Waals surface area contributed by atoms with Crippen molar-refractivity contribution in [2.24, 2.45) is 0 Å². The molecule has 1 atom stereocenters. The summed E-state index contributed by atoms with van der Waals surface area (Å²) in [5.74, 6) is -1.41. The fourth-order valence-electron chi connectivity index (χ4n) is 2.18. The first kappa shape index (κ1) is 14.8. The third-order valence-electron chi connectivity index (χ3n) is 3.24. The van der Waals surface area contributed by atoms with E-state index in [0.717, 1.165) is 0 Å². The highest BCUT2D eigenvalue weighted by molar-refractivity contribution is 5.96. The third kappa shape index (κ3) is 3.04. The Bertz CT molecular complexity index is 692. The lowest BCUT2D eigenvalue weighted by atomic mass is 10.2. The van der Waals surface area contributed by atoms with Crippen LogP contribution in [0, 0.1) is 0 Å². The fourth-order valence-corrected chi connectivity index (χ4v) is 2.18. The molecule has 0 unspecified atom stereocenters. The Morgan fingerprint density at radius 3 is 2.91 bits per heavy atom. The molecule has 0 saturated carbocycles. The number of aromatic nitrogens is 2. The molecule has 1 saturated heterocycles. The Morgan fingerprint density at radius 2 is 2.23 bits per heavy atom. The minimum absolute atomic E-state index is 0.181. The van der Waals surface area contributed by atoms with Crippen LogP contribution in [0.2, 0.25) is 0 Å². The number of morpholine rings is 1. The van der Waals surface area contributed by atoms with E-state index >= 15 is 0 Å². The van der Waals surface area contributed by atoms with Gasteiger partial charge in [0.2, 0.25) is 5.82 Å². The van der Waals surface area contributed by atoms with Crippen LogP contribution in [0.25, 0.3) is 11.0 Å². The number of rotatable bonds is 2. The van der Waals surface area contributed by atoms with Crippen LogP contribution in [0.15, 0.2) is 18.2 Å². The molecule has 2 aromatic rings. The first-order valence-electron chi connectivity index (χ1n) is 6.63. The molecular formula is C13H13F3N4O2. The minimum atomic E-state index is -4.54. The van der Waals surface area contributed by atoms with Crippen molar-refractivity contribution >= 4 is 22.6 Å². The SMILES string of the molecule is O=C(Nc1ccc2nc(C(F)(F)F)[nH]c2c1)[C@H]1CNCCO1. The van der Waals surface area contributed by atoms with Crippen molar-refractivity contribution in [1.82, 2.24) is 15.3 Å². The first-order valence-corrected chi connectivity index (χ1v) is 6.63. The molecule has 1 aromatic heterocycles. The van der Waals surface area contributed by atoms with Crippen LogP contribution in [0.5, 0.6) is 0 Å². The number of carbonyl (C=O) groups is 1. The van der Waals surface area contributed by atoms with Crippen molar-refractivity contribution in [2.75, 3.05) is 25.0 Å². The number of amides is 1. The van der Waals surface area contributed by atoms with Gasteiger partial charge in [0.1, 0.15) is 6.10 Å². The number of nitrogens with one attached hydrogen (secondary N) is 3. The predicted molar refractivity (Wildman–Crippen MR) is 72.3 cm³/mol. The summed E-state index contributed by atoms with van der Waals surface area (Å²) in [4.78, 5) is 17.6. The molecular weight excluding hydrogens is 301 g/mol. The van der Waals surface area contributed by atoms with E-state index < -0.39 is 18.1 Å². The molecule has 0 spiro atoms. The van der Waals surface area contributed by atoms with Gasteiger partial charge in [0.05, 0.1) is 17.6 Å². The van der Waals surface area contributed by atoms with Crippen LogP contribution in [0.3, 0.4) is 0 Å². The van der Waals surface area contributed by atoms with Gasteiger partial charge in [-0.2, -0.15) is 13.2 Å². The Hall–Kier alpha value is -2.13. The number of benzene rings is 1. The zero-order chi connectivity index (χ0) is 15.7. The van der Waals surface area contributed by atoms with E-state index in [1.807, 2.05) is 0 Å². The van der Waals surface area contributed by atoms with Crippen molar-refractivity contribution in [3.63, 3.8) is 0 Å². The second-order valence-corrected chi connectivity index (χ2v) is 4.87. The predicted octanol–water partition coefficient (Wildman–Crippen LogP) is 1.51. The number of carbonyl (C=O) groups excluding carboxylic acids is 1. The van der Waals surface area contributed by atoms with E-state index in [9.17, 15) is 18.0 Å². The van der Waals surface area contributed by atoms with Crippen LogP contribution in [0.1, 0.15) is 5.82 Å². The number of halogens is 3. The summed E-state index contributed by atoms with van der Waals surface area (Å²) in [5, 5.41) is 5.64. The minimum Gasteiger partial charge on any atom is -0.366 e. The Labute approximate surface area is 123 Å². The molecule has 1 aliphatic rings. The van der Waals surface area contributed by atoms with E-state index in [1.54, 1.807) is 0 Å². The highest BCUT2D eigenvalue weighted by Crippen LogP contribution is 2.29. The molecule has 1 aliphatic heterocycles. The van der Waals surface area contributed by atoms with Gasteiger partial charge in [0.15, 0.2) is 0 Å². The Balaban J connectivity index is 1.78. The van der Waals surface area contributed by atoms with Gasteiger partial charge in [-0.05, 0) is 18.2 Å². The number of alkyl halides is 3. The van der Waals surface area contributed by atoms with Crippen molar-refractivity contribution in [3.05, 3.63) is 24.0 Å². The zero-order valence-electron chi connectivity index (χ0n) is 11.3. The van der Waals surface area contributed by atoms with Gasteiger partial charge in [0.25, 0.3) is 5.91 Å². The number of anilines is 1. The lowest BCUT2D eigenvalue weighted by Crippen LogP contribution is -2.45. The summed E-state index contributed by atoms with van der Waals surface area (Å²) >= 11 is 0. The number of imidazole rings is 1.